The van der Waals surface area contributed by atoms with Crippen molar-refractivity contribution < 1.29 is 24.0 Å². The molecule has 0 aliphatic rings. The Kier molecular flexibility index (Phi) is 9.54. The Hall–Kier alpha value is -3.19. The van der Waals surface area contributed by atoms with Crippen molar-refractivity contribution in [3.05, 3.63) is 71.8 Å². The van der Waals surface area contributed by atoms with Crippen molar-refractivity contribution in [3.63, 3.8) is 0 Å². The van der Waals surface area contributed by atoms with Gasteiger partial charge in [0, 0.05) is 0 Å². The molecule has 0 bridgehead atoms. The van der Waals surface area contributed by atoms with Crippen LogP contribution in [0.1, 0.15) is 31.0 Å². The van der Waals surface area contributed by atoms with Gasteiger partial charge >= 0.3 is 6.09 Å². The molecule has 2 rings (SSSR count). The molecule has 0 spiro atoms. The Morgan fingerprint density at radius 2 is 1.50 bits per heavy atom. The van der Waals surface area contributed by atoms with Crippen LogP contribution >= 0.6 is 0 Å². The van der Waals surface area contributed by atoms with Crippen LogP contribution in [0.5, 0.6) is 0 Å². The number of hydrogen-bond acceptors (Lipinski definition) is 4. The Labute approximate surface area is 177 Å². The van der Waals surface area contributed by atoms with E-state index in [2.05, 4.69) is 10.6 Å². The normalized spacial score (nSPS) is 12.5. The molecule has 3 amide bonds. The van der Waals surface area contributed by atoms with Crippen molar-refractivity contribution in [2.24, 2.45) is 0 Å². The fraction of sp³-hybridized carbons (Fsp3) is 0.348. The zero-order valence-electron chi connectivity index (χ0n) is 17.5. The van der Waals surface area contributed by atoms with E-state index in [9.17, 15) is 14.4 Å². The van der Waals surface area contributed by atoms with Crippen molar-refractivity contribution in [2.45, 2.75) is 26.3 Å². The lowest BCUT2D eigenvalue weighted by Crippen LogP contribution is -3.14. The van der Waals surface area contributed by atoms with Gasteiger partial charge in [-0.3, -0.25) is 14.9 Å². The van der Waals surface area contributed by atoms with Crippen molar-refractivity contribution in [3.8, 4) is 0 Å². The summed E-state index contributed by atoms with van der Waals surface area (Å²) in [6.45, 7) is 4.45. The molecule has 7 heteroatoms. The molecule has 0 aliphatic carbocycles. The summed E-state index contributed by atoms with van der Waals surface area (Å²) in [5, 5.41) is 5.26. The highest BCUT2D eigenvalue weighted by Gasteiger charge is 2.21. The molecule has 1 unspecified atom stereocenters. The molecule has 0 radical (unpaired) electrons. The molecule has 0 fully saturated rings. The maximum atomic E-state index is 12.7. The number of ether oxygens (including phenoxy) is 1. The van der Waals surface area contributed by atoms with E-state index in [1.807, 2.05) is 67.6 Å². The predicted octanol–water partition coefficient (Wildman–Crippen LogP) is 1.26. The minimum absolute atomic E-state index is 0.0113. The lowest BCUT2D eigenvalue weighted by atomic mass is 9.99. The molecule has 30 heavy (non-hydrogen) atoms. The molecule has 0 aromatic heterocycles. The van der Waals surface area contributed by atoms with Gasteiger partial charge in [0.25, 0.3) is 11.8 Å². The van der Waals surface area contributed by atoms with E-state index in [4.69, 9.17) is 4.74 Å². The molecule has 160 valence electrons. The maximum Gasteiger partial charge on any atom is 0.414 e. The van der Waals surface area contributed by atoms with E-state index in [0.717, 1.165) is 16.0 Å². The highest BCUT2D eigenvalue weighted by molar-refractivity contribution is 5.92. The average molecular weight is 413 g/mol. The number of amides is 3. The first-order chi connectivity index (χ1) is 14.5. The number of alkyl carbamates (subject to hydrolysis) is 1. The average Bonchev–Trinajstić information content (AvgIpc) is 2.74. The van der Waals surface area contributed by atoms with Gasteiger partial charge in [0.15, 0.2) is 13.1 Å². The van der Waals surface area contributed by atoms with Gasteiger partial charge in [0.1, 0.15) is 0 Å². The van der Waals surface area contributed by atoms with Crippen LogP contribution in [0.2, 0.25) is 0 Å². The summed E-state index contributed by atoms with van der Waals surface area (Å²) in [6.07, 6.45) is -0.101. The SMILES string of the molecule is CCOC(=O)NC(=O)C[NH+](CC)CC(=O)N[C@H](Cc1ccccc1)c1ccccc1. The second-order valence-corrected chi connectivity index (χ2v) is 6.95. The summed E-state index contributed by atoms with van der Waals surface area (Å²) < 4.78 is 4.71. The van der Waals surface area contributed by atoms with Gasteiger partial charge in [0.2, 0.25) is 0 Å². The number of hydrogen-bond donors (Lipinski definition) is 3. The van der Waals surface area contributed by atoms with E-state index < -0.39 is 12.0 Å². The topological polar surface area (TPSA) is 88.9 Å². The zero-order valence-corrected chi connectivity index (χ0v) is 17.5. The van der Waals surface area contributed by atoms with E-state index in [0.29, 0.717) is 13.0 Å². The van der Waals surface area contributed by atoms with Crippen LogP contribution in [0.15, 0.2) is 60.7 Å². The molecule has 2 atom stereocenters. The minimum Gasteiger partial charge on any atom is -0.450 e. The van der Waals surface area contributed by atoms with Gasteiger partial charge in [-0.1, -0.05) is 60.7 Å². The Bertz CT molecular complexity index is 812. The molecule has 0 saturated heterocycles. The Balaban J connectivity index is 1.98. The summed E-state index contributed by atoms with van der Waals surface area (Å²) in [5.41, 5.74) is 2.15. The minimum atomic E-state index is -0.769. The predicted molar refractivity (Wildman–Crippen MR) is 114 cm³/mol. The van der Waals surface area contributed by atoms with Gasteiger partial charge in [0.05, 0.1) is 19.2 Å². The standard InChI is InChI=1S/C23H29N3O4/c1-3-26(17-22(28)25-23(29)30-4-2)16-21(27)24-20(19-13-9-6-10-14-19)15-18-11-7-5-8-12-18/h5-14,20H,3-4,15-17H2,1-2H3,(H,24,27)(H,25,28,29)/p+1/t20-/m1/s1. The second kappa shape index (κ2) is 12.4. The molecular formula is C23H30N3O4+. The van der Waals surface area contributed by atoms with Crippen LogP contribution in [0.25, 0.3) is 0 Å². The van der Waals surface area contributed by atoms with Crippen LogP contribution in [0.3, 0.4) is 0 Å². The fourth-order valence-electron chi connectivity index (χ4n) is 3.12. The summed E-state index contributed by atoms with van der Waals surface area (Å²) in [7, 11) is 0. The lowest BCUT2D eigenvalue weighted by molar-refractivity contribution is -0.881. The van der Waals surface area contributed by atoms with E-state index in [1.165, 1.54) is 0 Å². The number of carbonyl (C=O) groups is 3. The highest BCUT2D eigenvalue weighted by Crippen LogP contribution is 2.18. The smallest absolute Gasteiger partial charge is 0.414 e. The summed E-state index contributed by atoms with van der Waals surface area (Å²) in [6, 6.07) is 19.6. The molecule has 0 heterocycles. The molecule has 2 aromatic rings. The van der Waals surface area contributed by atoms with Gasteiger partial charge < -0.3 is 15.0 Å². The number of imide groups is 1. The monoisotopic (exact) mass is 412 g/mol. The maximum absolute atomic E-state index is 12.7. The molecular weight excluding hydrogens is 382 g/mol. The third kappa shape index (κ3) is 8.05. The van der Waals surface area contributed by atoms with Gasteiger partial charge in [-0.2, -0.15) is 0 Å². The molecule has 0 aliphatic heterocycles. The number of benzene rings is 2. The molecule has 3 N–H and O–H groups in total. The van der Waals surface area contributed by atoms with E-state index in [1.54, 1.807) is 6.92 Å². The Morgan fingerprint density at radius 3 is 2.10 bits per heavy atom. The van der Waals surface area contributed by atoms with Crippen molar-refractivity contribution in [2.75, 3.05) is 26.2 Å². The van der Waals surface area contributed by atoms with Crippen LogP contribution in [0, 0.1) is 0 Å². The zero-order chi connectivity index (χ0) is 21.8. The largest absolute Gasteiger partial charge is 0.450 e. The van der Waals surface area contributed by atoms with E-state index >= 15 is 0 Å². The second-order valence-electron chi connectivity index (χ2n) is 6.95. The van der Waals surface area contributed by atoms with Crippen LogP contribution in [-0.2, 0) is 20.7 Å². The number of quaternary nitrogens is 1. The van der Waals surface area contributed by atoms with Crippen molar-refractivity contribution in [1.29, 1.82) is 0 Å². The third-order valence-corrected chi connectivity index (χ3v) is 4.66. The Morgan fingerprint density at radius 1 is 0.900 bits per heavy atom. The number of carbonyl (C=O) groups excluding carboxylic acids is 3. The first kappa shape index (κ1) is 23.1. The van der Waals surface area contributed by atoms with Gasteiger partial charge in [-0.15, -0.1) is 0 Å². The summed E-state index contributed by atoms with van der Waals surface area (Å²) in [4.78, 5) is 36.9. The van der Waals surface area contributed by atoms with E-state index in [-0.39, 0.29) is 31.6 Å². The first-order valence-corrected chi connectivity index (χ1v) is 10.2. The van der Waals surface area contributed by atoms with Crippen molar-refractivity contribution in [1.82, 2.24) is 10.6 Å². The highest BCUT2D eigenvalue weighted by atomic mass is 16.5. The van der Waals surface area contributed by atoms with Gasteiger partial charge in [-0.25, -0.2) is 4.79 Å². The van der Waals surface area contributed by atoms with Crippen LogP contribution < -0.4 is 15.5 Å². The fourth-order valence-corrected chi connectivity index (χ4v) is 3.12. The van der Waals surface area contributed by atoms with Crippen LogP contribution in [-0.4, -0.2) is 44.1 Å². The third-order valence-electron chi connectivity index (χ3n) is 4.66. The molecule has 7 nitrogen and oxygen atoms in total. The molecule has 0 saturated carbocycles. The summed E-state index contributed by atoms with van der Waals surface area (Å²) >= 11 is 0. The van der Waals surface area contributed by atoms with Gasteiger partial charge in [-0.05, 0) is 31.4 Å². The molecule has 2 aromatic carbocycles. The number of nitrogens with one attached hydrogen (secondary N) is 3. The number of rotatable bonds is 10. The number of likely N-dealkylation sites (N-methyl/N-ethyl adjacent to an activating group) is 1. The lowest BCUT2D eigenvalue weighted by Gasteiger charge is -2.22. The first-order valence-electron chi connectivity index (χ1n) is 10.2. The quantitative estimate of drug-likeness (QED) is 0.548. The summed E-state index contributed by atoms with van der Waals surface area (Å²) in [5.74, 6) is -0.623. The van der Waals surface area contributed by atoms with Crippen molar-refractivity contribution >= 4 is 17.9 Å². The van der Waals surface area contributed by atoms with Crippen LogP contribution in [0.4, 0.5) is 4.79 Å².